The predicted molar refractivity (Wildman–Crippen MR) is 141 cm³/mol. The van der Waals surface area contributed by atoms with Gasteiger partial charge in [-0.2, -0.15) is 4.98 Å². The Kier molecular flexibility index (Phi) is 7.48. The molecular weight excluding hydrogens is 458 g/mol. The second kappa shape index (κ2) is 10.9. The van der Waals surface area contributed by atoms with Gasteiger partial charge in [-0.05, 0) is 55.2 Å². The number of aromatic nitrogens is 2. The Morgan fingerprint density at radius 2 is 1.89 bits per heavy atom. The zero-order valence-corrected chi connectivity index (χ0v) is 20.8. The molecule has 0 saturated heterocycles. The molecule has 0 aliphatic carbocycles. The summed E-state index contributed by atoms with van der Waals surface area (Å²) in [5.41, 5.74) is 3.97. The number of nitrogens with zero attached hydrogens (tertiary/aromatic N) is 2. The number of rotatable bonds is 9. The summed E-state index contributed by atoms with van der Waals surface area (Å²) < 4.78 is 10.5. The number of carbonyl (C=O) groups excluding carboxylic acids is 1. The van der Waals surface area contributed by atoms with E-state index < -0.39 is 11.5 Å². The maximum atomic E-state index is 12.6. The summed E-state index contributed by atoms with van der Waals surface area (Å²) in [6, 6.07) is 12.9. The van der Waals surface area contributed by atoms with E-state index in [4.69, 9.17) is 9.15 Å². The minimum atomic E-state index is -0.690. The molecule has 36 heavy (non-hydrogen) atoms. The number of amides is 1. The van der Waals surface area contributed by atoms with Crippen molar-refractivity contribution < 1.29 is 13.9 Å². The van der Waals surface area contributed by atoms with E-state index in [0.717, 1.165) is 11.1 Å². The molecule has 4 rings (SSSR count). The van der Waals surface area contributed by atoms with Crippen molar-refractivity contribution in [2.24, 2.45) is 0 Å². The summed E-state index contributed by atoms with van der Waals surface area (Å²) in [5, 5.41) is 9.74. The van der Waals surface area contributed by atoms with Gasteiger partial charge in [0.2, 0.25) is 5.95 Å². The number of hydrogen-bond donors (Lipinski definition) is 3. The third-order valence-electron chi connectivity index (χ3n) is 5.95. The third kappa shape index (κ3) is 5.46. The highest BCUT2D eigenvalue weighted by molar-refractivity contribution is 5.96. The second-order valence-corrected chi connectivity index (χ2v) is 8.39. The maximum Gasteiger partial charge on any atom is 0.349 e. The van der Waals surface area contributed by atoms with Crippen LogP contribution >= 0.6 is 0 Å². The number of methoxy groups -OCH3 is 1. The number of ether oxygens (including phenoxy) is 1. The van der Waals surface area contributed by atoms with Crippen molar-refractivity contribution in [3.63, 3.8) is 0 Å². The molecule has 186 valence electrons. The van der Waals surface area contributed by atoms with Gasteiger partial charge in [0.05, 0.1) is 7.11 Å². The molecule has 1 amide bonds. The maximum absolute atomic E-state index is 12.6. The van der Waals surface area contributed by atoms with Crippen LogP contribution in [0.15, 0.2) is 57.9 Å². The fourth-order valence-electron chi connectivity index (χ4n) is 3.73. The first-order chi connectivity index (χ1) is 17.4. The Morgan fingerprint density at radius 3 is 2.64 bits per heavy atom. The van der Waals surface area contributed by atoms with Gasteiger partial charge in [0.1, 0.15) is 22.7 Å². The van der Waals surface area contributed by atoms with E-state index in [-0.39, 0.29) is 5.56 Å². The number of hydrogen-bond acceptors (Lipinski definition) is 8. The summed E-state index contributed by atoms with van der Waals surface area (Å²) >= 11 is 0. The molecule has 0 aliphatic rings. The molecule has 3 N–H and O–H groups in total. The summed E-state index contributed by atoms with van der Waals surface area (Å²) in [4.78, 5) is 33.9. The average molecular weight is 488 g/mol. The lowest BCUT2D eigenvalue weighted by molar-refractivity contribution is 0.0950. The molecule has 2 aromatic carbocycles. The average Bonchev–Trinajstić information content (AvgIpc) is 2.89. The monoisotopic (exact) mass is 487 g/mol. The van der Waals surface area contributed by atoms with Crippen LogP contribution in [0.2, 0.25) is 0 Å². The number of anilines is 2. The third-order valence-corrected chi connectivity index (χ3v) is 5.95. The van der Waals surface area contributed by atoms with Gasteiger partial charge in [-0.25, -0.2) is 9.78 Å². The first-order valence-electron chi connectivity index (χ1n) is 11.7. The van der Waals surface area contributed by atoms with Crippen molar-refractivity contribution in [3.8, 4) is 16.9 Å². The van der Waals surface area contributed by atoms with Crippen molar-refractivity contribution in [2.75, 3.05) is 37.9 Å². The van der Waals surface area contributed by atoms with Gasteiger partial charge in [-0.3, -0.25) is 4.79 Å². The van der Waals surface area contributed by atoms with Gasteiger partial charge in [-0.15, -0.1) is 0 Å². The lowest BCUT2D eigenvalue weighted by Gasteiger charge is -2.13. The molecule has 9 heteroatoms. The van der Waals surface area contributed by atoms with Gasteiger partial charge in [0.25, 0.3) is 5.91 Å². The van der Waals surface area contributed by atoms with E-state index in [1.54, 1.807) is 31.4 Å². The van der Waals surface area contributed by atoms with Crippen molar-refractivity contribution >= 4 is 28.6 Å². The molecular formula is C27H29N5O4. The zero-order chi connectivity index (χ0) is 25.7. The van der Waals surface area contributed by atoms with E-state index in [1.165, 1.54) is 24.3 Å². The van der Waals surface area contributed by atoms with Crippen LogP contribution in [0.3, 0.4) is 0 Å². The Balaban J connectivity index is 1.39. The Bertz CT molecular complexity index is 1460. The van der Waals surface area contributed by atoms with E-state index in [1.807, 2.05) is 0 Å². The minimum Gasteiger partial charge on any atom is -0.497 e. The Hall–Kier alpha value is -4.40. The standard InChI is InChI=1S/C27H29N5O4/c1-16-6-7-18(12-17(16)2)22-15-31-27(28-3)32-24(22)29-10-5-11-30-25(33)21-13-19-8-9-20(35-4)14-23(19)36-26(21)34/h6-9,12-15H,5,10-11H2,1-4H3,(H,30,33)(H2,28,29,31,32). The molecule has 0 saturated carbocycles. The highest BCUT2D eigenvalue weighted by atomic mass is 16.5. The van der Waals surface area contributed by atoms with E-state index >= 15 is 0 Å². The van der Waals surface area contributed by atoms with E-state index in [2.05, 4.69) is 58.0 Å². The molecule has 0 aliphatic heterocycles. The van der Waals surface area contributed by atoms with Crippen molar-refractivity contribution in [1.29, 1.82) is 0 Å². The van der Waals surface area contributed by atoms with Crippen LogP contribution < -0.4 is 26.3 Å². The van der Waals surface area contributed by atoms with Crippen molar-refractivity contribution in [3.05, 3.63) is 75.8 Å². The quantitative estimate of drug-likeness (QED) is 0.238. The smallest absolute Gasteiger partial charge is 0.349 e. The summed E-state index contributed by atoms with van der Waals surface area (Å²) in [7, 11) is 3.30. The Morgan fingerprint density at radius 1 is 1.06 bits per heavy atom. The first-order valence-corrected chi connectivity index (χ1v) is 11.7. The molecule has 2 aromatic heterocycles. The number of carbonyl (C=O) groups is 1. The number of nitrogens with one attached hydrogen (secondary N) is 3. The second-order valence-electron chi connectivity index (χ2n) is 8.39. The number of aryl methyl sites for hydroxylation is 2. The van der Waals surface area contributed by atoms with Gasteiger partial charge < -0.3 is 25.1 Å². The van der Waals surface area contributed by atoms with Crippen LogP contribution in [0.4, 0.5) is 11.8 Å². The van der Waals surface area contributed by atoms with E-state index in [0.29, 0.717) is 48.0 Å². The lowest BCUT2D eigenvalue weighted by atomic mass is 10.0. The highest BCUT2D eigenvalue weighted by Crippen LogP contribution is 2.28. The largest absolute Gasteiger partial charge is 0.497 e. The Labute approximate surface area is 208 Å². The summed E-state index contributed by atoms with van der Waals surface area (Å²) in [6.07, 6.45) is 2.41. The molecule has 2 heterocycles. The SMILES string of the molecule is CNc1ncc(-c2ccc(C)c(C)c2)c(NCCCNC(=O)c2cc3ccc(OC)cc3oc2=O)n1. The summed E-state index contributed by atoms with van der Waals surface area (Å²) in [6.45, 7) is 5.08. The normalized spacial score (nSPS) is 10.8. The molecule has 0 atom stereocenters. The van der Waals surface area contributed by atoms with Crippen LogP contribution in [-0.4, -0.2) is 43.1 Å². The van der Waals surface area contributed by atoms with Crippen molar-refractivity contribution in [2.45, 2.75) is 20.3 Å². The molecule has 0 fully saturated rings. The van der Waals surface area contributed by atoms with Gasteiger partial charge >= 0.3 is 5.63 Å². The van der Waals surface area contributed by atoms with Gasteiger partial charge in [0, 0.05) is 43.4 Å². The van der Waals surface area contributed by atoms with Crippen LogP contribution in [0.25, 0.3) is 22.1 Å². The molecule has 0 bridgehead atoms. The van der Waals surface area contributed by atoms with Gasteiger partial charge in [-0.1, -0.05) is 18.2 Å². The molecule has 0 radical (unpaired) electrons. The first kappa shape index (κ1) is 24.7. The van der Waals surface area contributed by atoms with Crippen molar-refractivity contribution in [1.82, 2.24) is 15.3 Å². The zero-order valence-electron chi connectivity index (χ0n) is 20.8. The fraction of sp³-hybridized carbons (Fsp3) is 0.259. The van der Waals surface area contributed by atoms with Crippen LogP contribution in [0.1, 0.15) is 27.9 Å². The molecule has 0 unspecified atom stereocenters. The fourth-order valence-corrected chi connectivity index (χ4v) is 3.73. The van der Waals surface area contributed by atoms with Crippen LogP contribution in [-0.2, 0) is 0 Å². The highest BCUT2D eigenvalue weighted by Gasteiger charge is 2.14. The molecule has 0 spiro atoms. The minimum absolute atomic E-state index is 0.0351. The molecule has 4 aromatic rings. The number of fused-ring (bicyclic) bond motifs is 1. The van der Waals surface area contributed by atoms with Crippen LogP contribution in [0, 0.1) is 13.8 Å². The van der Waals surface area contributed by atoms with Gasteiger partial charge in [0.15, 0.2) is 0 Å². The topological polar surface area (TPSA) is 118 Å². The molecule has 9 nitrogen and oxygen atoms in total. The summed E-state index contributed by atoms with van der Waals surface area (Å²) in [5.74, 6) is 1.31. The predicted octanol–water partition coefficient (Wildman–Crippen LogP) is 4.15. The van der Waals surface area contributed by atoms with E-state index in [9.17, 15) is 9.59 Å². The van der Waals surface area contributed by atoms with Crippen LogP contribution in [0.5, 0.6) is 5.75 Å². The number of benzene rings is 2. The lowest BCUT2D eigenvalue weighted by Crippen LogP contribution is -2.30.